The molecule has 0 saturated heterocycles. The minimum Gasteiger partial charge on any atom is -0.467 e. The molecule has 0 radical (unpaired) electrons. The molecule has 0 atom stereocenters. The Bertz CT molecular complexity index is 1360. The van der Waals surface area contributed by atoms with Gasteiger partial charge in [-0.1, -0.05) is 31.5 Å². The highest BCUT2D eigenvalue weighted by molar-refractivity contribution is 5.96. The van der Waals surface area contributed by atoms with E-state index in [1.165, 1.54) is 15.7 Å². The summed E-state index contributed by atoms with van der Waals surface area (Å²) in [5.74, 6) is 0.180. The number of unbranched alkanes of at least 4 members (excludes halogenated alkanes) is 1. The number of aryl methyl sites for hydroxylation is 1. The first kappa shape index (κ1) is 22.2. The lowest BCUT2D eigenvalue weighted by Crippen LogP contribution is -2.41. The van der Waals surface area contributed by atoms with Crippen molar-refractivity contribution >= 4 is 28.3 Å². The zero-order valence-corrected chi connectivity index (χ0v) is 18.5. The summed E-state index contributed by atoms with van der Waals surface area (Å²) in [7, 11) is 0. The molecule has 33 heavy (non-hydrogen) atoms. The number of nitrogen functional groups attached to an aromatic ring is 1. The first-order chi connectivity index (χ1) is 16.0. The molecule has 0 aliphatic heterocycles. The number of furan rings is 1. The van der Waals surface area contributed by atoms with Gasteiger partial charge >= 0.3 is 5.69 Å². The van der Waals surface area contributed by atoms with Gasteiger partial charge < -0.3 is 15.1 Å². The second-order valence-corrected chi connectivity index (χ2v) is 7.92. The highest BCUT2D eigenvalue weighted by Gasteiger charge is 2.25. The highest BCUT2D eigenvalue weighted by Crippen LogP contribution is 2.23. The molecule has 9 heteroatoms. The van der Waals surface area contributed by atoms with E-state index < -0.39 is 11.2 Å². The number of aromatic amines is 2. The molecule has 4 aromatic rings. The number of nitrogens with one attached hydrogen (secondary N) is 2. The maximum absolute atomic E-state index is 13.4. The first-order valence-electron chi connectivity index (χ1n) is 11.0. The third-order valence-electron chi connectivity index (χ3n) is 5.70. The number of para-hydroxylation sites is 1. The number of carbonyl (C=O) groups is 1. The predicted molar refractivity (Wildman–Crippen MR) is 127 cm³/mol. The Morgan fingerprint density at radius 2 is 2.00 bits per heavy atom. The normalized spacial score (nSPS) is 11.2. The number of carbonyl (C=O) groups excluding carboxylic acids is 1. The summed E-state index contributed by atoms with van der Waals surface area (Å²) in [6, 6.07) is 11.3. The molecule has 4 N–H and O–H groups in total. The maximum Gasteiger partial charge on any atom is 0.330 e. The van der Waals surface area contributed by atoms with Crippen LogP contribution < -0.4 is 21.9 Å². The first-order valence-corrected chi connectivity index (χ1v) is 11.0. The minimum atomic E-state index is -0.697. The largest absolute Gasteiger partial charge is 0.467 e. The molecule has 3 heterocycles. The number of nitrogens with two attached hydrogens (primary N) is 1. The lowest BCUT2D eigenvalue weighted by atomic mass is 10.1. The summed E-state index contributed by atoms with van der Waals surface area (Å²) in [4.78, 5) is 45.3. The van der Waals surface area contributed by atoms with Crippen LogP contribution >= 0.6 is 0 Å². The van der Waals surface area contributed by atoms with Gasteiger partial charge in [0.1, 0.15) is 11.6 Å². The molecule has 3 aromatic heterocycles. The molecule has 0 bridgehead atoms. The molecule has 4 rings (SSSR count). The Kier molecular flexibility index (Phi) is 6.48. The summed E-state index contributed by atoms with van der Waals surface area (Å²) >= 11 is 0. The van der Waals surface area contributed by atoms with Crippen molar-refractivity contribution < 1.29 is 9.21 Å². The average molecular weight is 450 g/mol. The van der Waals surface area contributed by atoms with E-state index in [4.69, 9.17) is 10.2 Å². The molecule has 0 unspecified atom stereocenters. The predicted octanol–water partition coefficient (Wildman–Crippen LogP) is 3.16. The molecule has 0 aliphatic carbocycles. The van der Waals surface area contributed by atoms with Crippen LogP contribution in [0.15, 0.2) is 62.9 Å². The van der Waals surface area contributed by atoms with Gasteiger partial charge in [0.15, 0.2) is 5.69 Å². The van der Waals surface area contributed by atoms with Crippen molar-refractivity contribution in [1.82, 2.24) is 14.5 Å². The van der Waals surface area contributed by atoms with Crippen molar-refractivity contribution in [2.45, 2.75) is 45.7 Å². The SMILES string of the molecule is CCCCn1c(N)c(N(Cc2ccco2)C(=O)CCc2c[nH]c3ccccc23)c(=O)[nH]c1=O. The molecule has 0 saturated carbocycles. The van der Waals surface area contributed by atoms with Crippen LogP contribution in [0.25, 0.3) is 10.9 Å². The molecule has 9 nitrogen and oxygen atoms in total. The van der Waals surface area contributed by atoms with Crippen molar-refractivity contribution in [2.75, 3.05) is 10.6 Å². The van der Waals surface area contributed by atoms with Crippen LogP contribution in [0.1, 0.15) is 37.5 Å². The van der Waals surface area contributed by atoms with Gasteiger partial charge in [-0.2, -0.15) is 0 Å². The van der Waals surface area contributed by atoms with Crippen molar-refractivity contribution in [1.29, 1.82) is 0 Å². The van der Waals surface area contributed by atoms with Crippen LogP contribution in [-0.4, -0.2) is 20.4 Å². The van der Waals surface area contributed by atoms with Crippen molar-refractivity contribution in [3.63, 3.8) is 0 Å². The number of amides is 1. The zero-order chi connectivity index (χ0) is 23.4. The third-order valence-corrected chi connectivity index (χ3v) is 5.70. The number of aromatic nitrogens is 3. The fraction of sp³-hybridized carbons (Fsp3) is 0.292. The quantitative estimate of drug-likeness (QED) is 0.361. The molecule has 0 aliphatic rings. The molecule has 0 fully saturated rings. The standard InChI is InChI=1S/C24H27N5O4/c1-2-3-12-28-22(25)21(23(31)27-24(28)32)29(15-17-7-6-13-33-17)20(30)11-10-16-14-26-19-9-5-4-8-18(16)19/h4-9,13-14,26H,2-3,10-12,15,25H2,1H3,(H,27,31,32). The number of H-pyrrole nitrogens is 2. The fourth-order valence-electron chi connectivity index (χ4n) is 3.94. The third kappa shape index (κ3) is 4.62. The van der Waals surface area contributed by atoms with E-state index >= 15 is 0 Å². The van der Waals surface area contributed by atoms with E-state index in [0.29, 0.717) is 25.1 Å². The summed E-state index contributed by atoms with van der Waals surface area (Å²) in [5, 5.41) is 1.05. The van der Waals surface area contributed by atoms with Gasteiger partial charge in [0, 0.05) is 30.1 Å². The monoisotopic (exact) mass is 449 g/mol. The second-order valence-electron chi connectivity index (χ2n) is 7.92. The topological polar surface area (TPSA) is 130 Å². The minimum absolute atomic E-state index is 0.0239. The number of nitrogens with zero attached hydrogens (tertiary/aromatic N) is 2. The van der Waals surface area contributed by atoms with Crippen LogP contribution in [0.2, 0.25) is 0 Å². The van der Waals surface area contributed by atoms with Gasteiger partial charge in [-0.25, -0.2) is 4.79 Å². The van der Waals surface area contributed by atoms with Gasteiger partial charge in [0.2, 0.25) is 5.91 Å². The smallest absolute Gasteiger partial charge is 0.330 e. The Morgan fingerprint density at radius 1 is 1.18 bits per heavy atom. The summed E-state index contributed by atoms with van der Waals surface area (Å²) < 4.78 is 6.73. The Morgan fingerprint density at radius 3 is 2.76 bits per heavy atom. The summed E-state index contributed by atoms with van der Waals surface area (Å²) in [5.41, 5.74) is 6.96. The van der Waals surface area contributed by atoms with Gasteiger partial charge in [-0.05, 0) is 36.6 Å². The second kappa shape index (κ2) is 9.64. The van der Waals surface area contributed by atoms with Gasteiger partial charge in [0.05, 0.1) is 12.8 Å². The van der Waals surface area contributed by atoms with E-state index in [9.17, 15) is 14.4 Å². The molecular weight excluding hydrogens is 422 g/mol. The van der Waals surface area contributed by atoms with Crippen LogP contribution in [-0.2, 0) is 24.3 Å². The van der Waals surface area contributed by atoms with Gasteiger partial charge in [-0.3, -0.25) is 24.0 Å². The van der Waals surface area contributed by atoms with Crippen LogP contribution in [0.5, 0.6) is 0 Å². The number of hydrogen-bond donors (Lipinski definition) is 3. The molecule has 1 amide bonds. The van der Waals surface area contributed by atoms with Crippen LogP contribution in [0.3, 0.4) is 0 Å². The van der Waals surface area contributed by atoms with E-state index in [0.717, 1.165) is 22.9 Å². The van der Waals surface area contributed by atoms with E-state index in [2.05, 4.69) is 9.97 Å². The number of anilines is 2. The Balaban J connectivity index is 1.67. The highest BCUT2D eigenvalue weighted by atomic mass is 16.3. The van der Waals surface area contributed by atoms with E-state index in [-0.39, 0.29) is 30.4 Å². The zero-order valence-electron chi connectivity index (χ0n) is 18.5. The number of rotatable bonds is 9. The fourth-order valence-corrected chi connectivity index (χ4v) is 3.94. The molecule has 172 valence electrons. The number of hydrogen-bond acceptors (Lipinski definition) is 5. The van der Waals surface area contributed by atoms with Crippen molar-refractivity contribution in [3.8, 4) is 0 Å². The maximum atomic E-state index is 13.4. The molecule has 0 spiro atoms. The van der Waals surface area contributed by atoms with Gasteiger partial charge in [-0.15, -0.1) is 0 Å². The Labute approximate surface area is 189 Å². The number of benzene rings is 1. The van der Waals surface area contributed by atoms with E-state index in [1.54, 1.807) is 12.1 Å². The lowest BCUT2D eigenvalue weighted by molar-refractivity contribution is -0.118. The average Bonchev–Trinajstić information content (AvgIpc) is 3.46. The summed E-state index contributed by atoms with van der Waals surface area (Å²) in [6.07, 6.45) is 5.57. The Hall–Kier alpha value is -4.01. The molecular formula is C24H27N5O4. The molecule has 1 aromatic carbocycles. The van der Waals surface area contributed by atoms with Crippen LogP contribution in [0.4, 0.5) is 11.5 Å². The lowest BCUT2D eigenvalue weighted by Gasteiger charge is -2.24. The van der Waals surface area contributed by atoms with Crippen molar-refractivity contribution in [3.05, 3.63) is 81.0 Å². The van der Waals surface area contributed by atoms with Crippen molar-refractivity contribution in [2.24, 2.45) is 0 Å². The van der Waals surface area contributed by atoms with Gasteiger partial charge in [0.25, 0.3) is 5.56 Å². The van der Waals surface area contributed by atoms with Crippen LogP contribution in [0, 0.1) is 0 Å². The van der Waals surface area contributed by atoms with E-state index in [1.807, 2.05) is 37.4 Å². The number of fused-ring (bicyclic) bond motifs is 1. The summed E-state index contributed by atoms with van der Waals surface area (Å²) in [6.45, 7) is 2.37.